The highest BCUT2D eigenvalue weighted by Gasteiger charge is 2.14. The molecular weight excluding hydrogens is 264 g/mol. The zero-order valence-electron chi connectivity index (χ0n) is 10.6. The van der Waals surface area contributed by atoms with Gasteiger partial charge in [0.25, 0.3) is 0 Å². The van der Waals surface area contributed by atoms with Crippen molar-refractivity contribution in [3.05, 3.63) is 46.5 Å². The van der Waals surface area contributed by atoms with Crippen molar-refractivity contribution in [2.75, 3.05) is 13.7 Å². The van der Waals surface area contributed by atoms with E-state index >= 15 is 0 Å². The van der Waals surface area contributed by atoms with Crippen molar-refractivity contribution in [2.45, 2.75) is 12.6 Å². The Labute approximate surface area is 115 Å². The van der Waals surface area contributed by atoms with Gasteiger partial charge in [0.2, 0.25) is 0 Å². The smallest absolute Gasteiger partial charge is 0.315 e. The lowest BCUT2D eigenvalue weighted by Crippen LogP contribution is -2.37. The third-order valence-electron chi connectivity index (χ3n) is 2.60. The Morgan fingerprint density at radius 1 is 1.42 bits per heavy atom. The standard InChI is InChI=1S/C13H16N2O3S/c1-17-12(11-5-2-6-18-11)9-15-13(16)14-8-10-4-3-7-19-10/h2-7,12H,8-9H2,1H3,(H2,14,15,16)/t12-/m1/s1. The summed E-state index contributed by atoms with van der Waals surface area (Å²) in [6, 6.07) is 7.32. The second-order valence-corrected chi connectivity index (χ2v) is 4.91. The molecule has 0 aromatic carbocycles. The average molecular weight is 280 g/mol. The highest BCUT2D eigenvalue weighted by Crippen LogP contribution is 2.15. The molecule has 2 aromatic rings. The molecule has 0 bridgehead atoms. The SMILES string of the molecule is CO[C@H](CNC(=O)NCc1cccs1)c1ccco1. The number of methoxy groups -OCH3 is 1. The molecule has 0 radical (unpaired) electrons. The fourth-order valence-electron chi connectivity index (χ4n) is 1.60. The van der Waals surface area contributed by atoms with Crippen molar-refractivity contribution in [1.29, 1.82) is 0 Å². The van der Waals surface area contributed by atoms with E-state index in [4.69, 9.17) is 9.15 Å². The Bertz CT molecular complexity index is 482. The van der Waals surface area contributed by atoms with Crippen LogP contribution in [0.5, 0.6) is 0 Å². The summed E-state index contributed by atoms with van der Waals surface area (Å²) >= 11 is 1.61. The molecule has 2 N–H and O–H groups in total. The van der Waals surface area contributed by atoms with Crippen molar-refractivity contribution in [3.63, 3.8) is 0 Å². The number of rotatable bonds is 6. The molecule has 0 aliphatic carbocycles. The Kier molecular flexibility index (Phi) is 5.00. The molecule has 102 valence electrons. The predicted octanol–water partition coefficient (Wildman–Crippen LogP) is 2.53. The minimum absolute atomic E-state index is 0.220. The number of amides is 2. The molecule has 2 amide bonds. The molecule has 0 fully saturated rings. The predicted molar refractivity (Wildman–Crippen MR) is 73.0 cm³/mol. The van der Waals surface area contributed by atoms with E-state index in [9.17, 15) is 4.79 Å². The second kappa shape index (κ2) is 6.96. The van der Waals surface area contributed by atoms with E-state index in [0.717, 1.165) is 4.88 Å². The van der Waals surface area contributed by atoms with Gasteiger partial charge in [0.1, 0.15) is 11.9 Å². The maximum Gasteiger partial charge on any atom is 0.315 e. The van der Waals surface area contributed by atoms with Crippen LogP contribution in [0, 0.1) is 0 Å². The van der Waals surface area contributed by atoms with Gasteiger partial charge in [-0.2, -0.15) is 0 Å². The molecule has 5 nitrogen and oxygen atoms in total. The van der Waals surface area contributed by atoms with Crippen molar-refractivity contribution >= 4 is 17.4 Å². The van der Waals surface area contributed by atoms with E-state index < -0.39 is 0 Å². The van der Waals surface area contributed by atoms with Crippen molar-refractivity contribution in [3.8, 4) is 0 Å². The van der Waals surface area contributed by atoms with E-state index in [2.05, 4.69) is 10.6 Å². The first kappa shape index (κ1) is 13.6. The van der Waals surface area contributed by atoms with Gasteiger partial charge >= 0.3 is 6.03 Å². The zero-order valence-corrected chi connectivity index (χ0v) is 11.4. The first-order chi connectivity index (χ1) is 9.29. The molecule has 2 aromatic heterocycles. The van der Waals surface area contributed by atoms with Crippen LogP contribution in [0.25, 0.3) is 0 Å². The molecule has 1 atom stereocenters. The van der Waals surface area contributed by atoms with Crippen LogP contribution in [0.1, 0.15) is 16.7 Å². The summed E-state index contributed by atoms with van der Waals surface area (Å²) in [6.07, 6.45) is 1.31. The van der Waals surface area contributed by atoms with Gasteiger partial charge in [-0.05, 0) is 23.6 Å². The van der Waals surface area contributed by atoms with Gasteiger partial charge in [-0.15, -0.1) is 11.3 Å². The number of urea groups is 1. The summed E-state index contributed by atoms with van der Waals surface area (Å²) < 4.78 is 10.5. The van der Waals surface area contributed by atoms with Crippen molar-refractivity contribution in [1.82, 2.24) is 10.6 Å². The average Bonchev–Trinajstić information content (AvgIpc) is 3.10. The van der Waals surface area contributed by atoms with Crippen LogP contribution in [0.2, 0.25) is 0 Å². The Morgan fingerprint density at radius 3 is 2.95 bits per heavy atom. The van der Waals surface area contributed by atoms with Crippen LogP contribution in [-0.2, 0) is 11.3 Å². The lowest BCUT2D eigenvalue weighted by Gasteiger charge is -2.14. The van der Waals surface area contributed by atoms with Crippen LogP contribution in [0.15, 0.2) is 40.3 Å². The number of ether oxygens (including phenoxy) is 1. The fraction of sp³-hybridized carbons (Fsp3) is 0.308. The Morgan fingerprint density at radius 2 is 2.32 bits per heavy atom. The van der Waals surface area contributed by atoms with Crippen LogP contribution in [-0.4, -0.2) is 19.7 Å². The molecule has 0 saturated carbocycles. The number of carbonyl (C=O) groups is 1. The summed E-state index contributed by atoms with van der Waals surface area (Å²) in [7, 11) is 1.58. The molecule has 19 heavy (non-hydrogen) atoms. The van der Waals surface area contributed by atoms with Gasteiger partial charge in [0.05, 0.1) is 19.4 Å². The summed E-state index contributed by atoms with van der Waals surface area (Å²) in [5, 5.41) is 7.52. The summed E-state index contributed by atoms with van der Waals surface area (Å²) in [5.41, 5.74) is 0. The molecular formula is C13H16N2O3S. The van der Waals surface area contributed by atoms with Crippen LogP contribution < -0.4 is 10.6 Å². The molecule has 0 saturated heterocycles. The first-order valence-corrected chi connectivity index (χ1v) is 6.78. The van der Waals surface area contributed by atoms with Gasteiger partial charge in [-0.1, -0.05) is 6.07 Å². The largest absolute Gasteiger partial charge is 0.467 e. The quantitative estimate of drug-likeness (QED) is 0.854. The minimum Gasteiger partial charge on any atom is -0.467 e. The van der Waals surface area contributed by atoms with E-state index in [1.807, 2.05) is 23.6 Å². The van der Waals surface area contributed by atoms with E-state index in [0.29, 0.717) is 18.8 Å². The molecule has 0 aliphatic rings. The molecule has 2 rings (SSSR count). The number of hydrogen-bond acceptors (Lipinski definition) is 4. The van der Waals surface area contributed by atoms with Gasteiger partial charge < -0.3 is 19.8 Å². The van der Waals surface area contributed by atoms with Gasteiger partial charge in [-0.3, -0.25) is 0 Å². The van der Waals surface area contributed by atoms with Gasteiger partial charge in [0, 0.05) is 12.0 Å². The van der Waals surface area contributed by atoms with E-state index in [1.54, 1.807) is 30.8 Å². The molecule has 6 heteroatoms. The fourth-order valence-corrected chi connectivity index (χ4v) is 2.25. The number of hydrogen-bond donors (Lipinski definition) is 2. The lowest BCUT2D eigenvalue weighted by atomic mass is 10.3. The minimum atomic E-state index is -0.275. The monoisotopic (exact) mass is 280 g/mol. The van der Waals surface area contributed by atoms with Crippen LogP contribution >= 0.6 is 11.3 Å². The molecule has 0 unspecified atom stereocenters. The zero-order chi connectivity index (χ0) is 13.5. The maximum absolute atomic E-state index is 11.6. The Hall–Kier alpha value is -1.79. The second-order valence-electron chi connectivity index (χ2n) is 3.88. The van der Waals surface area contributed by atoms with Gasteiger partial charge in [-0.25, -0.2) is 4.79 Å². The van der Waals surface area contributed by atoms with E-state index in [1.165, 1.54) is 0 Å². The number of nitrogens with one attached hydrogen (secondary N) is 2. The van der Waals surface area contributed by atoms with E-state index in [-0.39, 0.29) is 12.1 Å². The highest BCUT2D eigenvalue weighted by molar-refractivity contribution is 7.09. The Balaban J connectivity index is 1.73. The number of thiophene rings is 1. The van der Waals surface area contributed by atoms with Crippen LogP contribution in [0.4, 0.5) is 4.79 Å². The number of furan rings is 1. The molecule has 0 aliphatic heterocycles. The molecule has 0 spiro atoms. The topological polar surface area (TPSA) is 63.5 Å². The van der Waals surface area contributed by atoms with Crippen molar-refractivity contribution < 1.29 is 13.9 Å². The van der Waals surface area contributed by atoms with Crippen LogP contribution in [0.3, 0.4) is 0 Å². The summed E-state index contributed by atoms with van der Waals surface area (Å²) in [4.78, 5) is 12.7. The summed E-state index contributed by atoms with van der Waals surface area (Å²) in [5.74, 6) is 0.695. The van der Waals surface area contributed by atoms with Crippen molar-refractivity contribution in [2.24, 2.45) is 0 Å². The third-order valence-corrected chi connectivity index (χ3v) is 3.47. The third kappa shape index (κ3) is 4.11. The maximum atomic E-state index is 11.6. The highest BCUT2D eigenvalue weighted by atomic mass is 32.1. The lowest BCUT2D eigenvalue weighted by molar-refractivity contribution is 0.0850. The number of carbonyl (C=O) groups excluding carboxylic acids is 1. The normalized spacial score (nSPS) is 12.1. The summed E-state index contributed by atoms with van der Waals surface area (Å²) in [6.45, 7) is 0.891. The van der Waals surface area contributed by atoms with Gasteiger partial charge in [0.15, 0.2) is 0 Å². The molecule has 2 heterocycles. The first-order valence-electron chi connectivity index (χ1n) is 5.90.